The van der Waals surface area contributed by atoms with E-state index in [1.165, 1.54) is 0 Å². The molecule has 0 amide bonds. The molecule has 0 aliphatic heterocycles. The van der Waals surface area contributed by atoms with Crippen LogP contribution in [0.1, 0.15) is 22.3 Å². The topological polar surface area (TPSA) is 121 Å². The molecule has 5 N–H and O–H groups in total. The number of benzene rings is 2. The van der Waals surface area contributed by atoms with Gasteiger partial charge in [0.05, 0.1) is 0 Å². The van der Waals surface area contributed by atoms with Gasteiger partial charge < -0.3 is 21.1 Å². The number of nitrogens with two attached hydrogens (primary N) is 1. The molecule has 2 aromatic carbocycles. The second-order valence-corrected chi connectivity index (χ2v) is 6.18. The van der Waals surface area contributed by atoms with Crippen LogP contribution in [0.5, 0.6) is 0 Å². The standard InChI is InChI=1S/C10H13NO2.C10H12O3/c2*1-7-2-4-8(5-3-7)6-9(11)10(12)13/h2-5,9H,6,11H2,1H3,(H,12,13);2-5,9,11H,6H2,1H3,(H,12,13)/t2*9-/m11/s1. The molecule has 26 heavy (non-hydrogen) atoms. The predicted octanol–water partition coefficient (Wildman–Crippen LogP) is 1.93. The Morgan fingerprint density at radius 3 is 1.54 bits per heavy atom. The molecule has 2 rings (SSSR count). The SMILES string of the molecule is Cc1ccc(C[C@@H](N)C(=O)O)cc1.Cc1ccc(C[C@@H](O)C(=O)O)cc1. The third-order valence-corrected chi connectivity index (χ3v) is 3.73. The fourth-order valence-corrected chi connectivity index (χ4v) is 2.10. The molecule has 0 aromatic heterocycles. The van der Waals surface area contributed by atoms with Crippen LogP contribution in [0.4, 0.5) is 0 Å². The van der Waals surface area contributed by atoms with Crippen molar-refractivity contribution in [2.75, 3.05) is 0 Å². The van der Waals surface area contributed by atoms with Crippen molar-refractivity contribution in [1.29, 1.82) is 0 Å². The third kappa shape index (κ3) is 7.92. The van der Waals surface area contributed by atoms with E-state index in [0.29, 0.717) is 6.42 Å². The molecule has 0 saturated carbocycles. The van der Waals surface area contributed by atoms with E-state index >= 15 is 0 Å². The molecule has 0 aliphatic rings. The number of carboxylic acid groups (broad SMARTS) is 2. The normalized spacial score (nSPS) is 12.5. The van der Waals surface area contributed by atoms with E-state index in [2.05, 4.69) is 0 Å². The van der Waals surface area contributed by atoms with Crippen molar-refractivity contribution in [3.8, 4) is 0 Å². The van der Waals surface area contributed by atoms with E-state index in [1.54, 1.807) is 0 Å². The lowest BCUT2D eigenvalue weighted by atomic mass is 10.1. The molecule has 2 aromatic rings. The highest BCUT2D eigenvalue weighted by molar-refractivity contribution is 5.73. The fraction of sp³-hybridized carbons (Fsp3) is 0.300. The van der Waals surface area contributed by atoms with Crippen molar-refractivity contribution in [3.63, 3.8) is 0 Å². The van der Waals surface area contributed by atoms with Crippen molar-refractivity contribution < 1.29 is 24.9 Å². The zero-order chi connectivity index (χ0) is 19.7. The minimum Gasteiger partial charge on any atom is -0.480 e. The van der Waals surface area contributed by atoms with Crippen LogP contribution in [0.3, 0.4) is 0 Å². The number of hydrogen-bond donors (Lipinski definition) is 4. The van der Waals surface area contributed by atoms with Crippen molar-refractivity contribution in [3.05, 3.63) is 70.8 Å². The average molecular weight is 359 g/mol. The molecule has 2 atom stereocenters. The summed E-state index contributed by atoms with van der Waals surface area (Å²) >= 11 is 0. The van der Waals surface area contributed by atoms with Crippen LogP contribution < -0.4 is 5.73 Å². The number of aliphatic hydroxyl groups excluding tert-OH is 1. The molecule has 0 unspecified atom stereocenters. The van der Waals surface area contributed by atoms with E-state index in [4.69, 9.17) is 21.1 Å². The van der Waals surface area contributed by atoms with Crippen LogP contribution in [0, 0.1) is 13.8 Å². The summed E-state index contributed by atoms with van der Waals surface area (Å²) in [4.78, 5) is 20.8. The average Bonchev–Trinajstić information content (AvgIpc) is 2.59. The molecule has 140 valence electrons. The van der Waals surface area contributed by atoms with Crippen molar-refractivity contribution >= 4 is 11.9 Å². The van der Waals surface area contributed by atoms with Gasteiger partial charge in [0.2, 0.25) is 0 Å². The van der Waals surface area contributed by atoms with E-state index in [9.17, 15) is 9.59 Å². The predicted molar refractivity (Wildman–Crippen MR) is 99.0 cm³/mol. The van der Waals surface area contributed by atoms with Gasteiger partial charge in [0.15, 0.2) is 6.10 Å². The number of aryl methyl sites for hydroxylation is 2. The molecule has 0 saturated heterocycles. The Hall–Kier alpha value is -2.70. The van der Waals surface area contributed by atoms with Gasteiger partial charge in [-0.25, -0.2) is 4.79 Å². The maximum Gasteiger partial charge on any atom is 0.332 e. The molecule has 0 heterocycles. The van der Waals surface area contributed by atoms with Crippen molar-refractivity contribution in [2.24, 2.45) is 5.73 Å². The van der Waals surface area contributed by atoms with Crippen LogP contribution in [-0.2, 0) is 22.4 Å². The summed E-state index contributed by atoms with van der Waals surface area (Å²) in [5.74, 6) is -2.14. The molecular formula is C20H25NO5. The Kier molecular flexibility index (Phi) is 8.48. The maximum atomic E-state index is 10.4. The van der Waals surface area contributed by atoms with Crippen molar-refractivity contribution in [1.82, 2.24) is 0 Å². The first-order valence-electron chi connectivity index (χ1n) is 8.19. The van der Waals surface area contributed by atoms with E-state index in [0.717, 1.165) is 22.3 Å². The van der Waals surface area contributed by atoms with Crippen LogP contribution in [0.25, 0.3) is 0 Å². The summed E-state index contributed by atoms with van der Waals surface area (Å²) in [6, 6.07) is 14.3. The molecule has 0 spiro atoms. The van der Waals surface area contributed by atoms with Crippen LogP contribution in [-0.4, -0.2) is 39.4 Å². The molecule has 0 bridgehead atoms. The molecule has 0 radical (unpaired) electrons. The largest absolute Gasteiger partial charge is 0.480 e. The van der Waals surface area contributed by atoms with Gasteiger partial charge in [-0.15, -0.1) is 0 Å². The quantitative estimate of drug-likeness (QED) is 0.625. The maximum absolute atomic E-state index is 10.4. The number of aliphatic hydroxyl groups is 1. The lowest BCUT2D eigenvalue weighted by molar-refractivity contribution is -0.146. The summed E-state index contributed by atoms with van der Waals surface area (Å²) < 4.78 is 0. The van der Waals surface area contributed by atoms with Gasteiger partial charge in [0, 0.05) is 6.42 Å². The summed E-state index contributed by atoms with van der Waals surface area (Å²) in [6.07, 6.45) is -0.756. The van der Waals surface area contributed by atoms with Gasteiger partial charge >= 0.3 is 11.9 Å². The fourth-order valence-electron chi connectivity index (χ4n) is 2.10. The van der Waals surface area contributed by atoms with Gasteiger partial charge in [-0.1, -0.05) is 59.7 Å². The van der Waals surface area contributed by atoms with Crippen molar-refractivity contribution in [2.45, 2.75) is 38.8 Å². The number of hydrogen-bond acceptors (Lipinski definition) is 4. The third-order valence-electron chi connectivity index (χ3n) is 3.73. The summed E-state index contributed by atoms with van der Waals surface area (Å²) in [5.41, 5.74) is 9.46. The van der Waals surface area contributed by atoms with Gasteiger partial charge in [0.1, 0.15) is 6.04 Å². The van der Waals surface area contributed by atoms with Crippen LogP contribution in [0.2, 0.25) is 0 Å². The van der Waals surface area contributed by atoms with Gasteiger partial charge in [-0.2, -0.15) is 0 Å². The smallest absolute Gasteiger partial charge is 0.332 e. The Labute approximate surface area is 152 Å². The zero-order valence-corrected chi connectivity index (χ0v) is 14.9. The first-order valence-corrected chi connectivity index (χ1v) is 8.19. The monoisotopic (exact) mass is 359 g/mol. The molecule has 6 nitrogen and oxygen atoms in total. The lowest BCUT2D eigenvalue weighted by Gasteiger charge is -2.05. The summed E-state index contributed by atoms with van der Waals surface area (Å²) in [6.45, 7) is 3.94. The van der Waals surface area contributed by atoms with E-state index in [-0.39, 0.29) is 6.42 Å². The summed E-state index contributed by atoms with van der Waals surface area (Å²) in [5, 5.41) is 26.1. The number of aliphatic carboxylic acids is 2. The molecular weight excluding hydrogens is 334 g/mol. The van der Waals surface area contributed by atoms with Crippen LogP contribution >= 0.6 is 0 Å². The second kappa shape index (κ2) is 10.3. The van der Waals surface area contributed by atoms with Gasteiger partial charge in [-0.3, -0.25) is 4.79 Å². The highest BCUT2D eigenvalue weighted by Crippen LogP contribution is 2.06. The zero-order valence-electron chi connectivity index (χ0n) is 14.9. The van der Waals surface area contributed by atoms with Gasteiger partial charge in [-0.05, 0) is 31.4 Å². The molecule has 0 aliphatic carbocycles. The first-order chi connectivity index (χ1) is 12.2. The minimum absolute atomic E-state index is 0.162. The number of carbonyl (C=O) groups is 2. The first kappa shape index (κ1) is 21.3. The van der Waals surface area contributed by atoms with E-state index < -0.39 is 24.1 Å². The van der Waals surface area contributed by atoms with Gasteiger partial charge in [0.25, 0.3) is 0 Å². The minimum atomic E-state index is -1.30. The Bertz CT molecular complexity index is 646. The lowest BCUT2D eigenvalue weighted by Crippen LogP contribution is -2.32. The van der Waals surface area contributed by atoms with E-state index in [1.807, 2.05) is 62.4 Å². The number of carboxylic acids is 2. The molecule has 6 heteroatoms. The molecule has 0 fully saturated rings. The number of rotatable bonds is 6. The van der Waals surface area contributed by atoms with Crippen LogP contribution in [0.15, 0.2) is 48.5 Å². The summed E-state index contributed by atoms with van der Waals surface area (Å²) in [7, 11) is 0. The highest BCUT2D eigenvalue weighted by atomic mass is 16.4. The highest BCUT2D eigenvalue weighted by Gasteiger charge is 2.13. The second-order valence-electron chi connectivity index (χ2n) is 6.18. The Morgan fingerprint density at radius 1 is 0.808 bits per heavy atom. The Morgan fingerprint density at radius 2 is 1.19 bits per heavy atom. The Balaban J connectivity index is 0.000000260.